The Bertz CT molecular complexity index is 796. The highest BCUT2D eigenvalue weighted by atomic mass is 127. The van der Waals surface area contributed by atoms with Crippen LogP contribution in [0.1, 0.15) is 44.7 Å². The van der Waals surface area contributed by atoms with Gasteiger partial charge in [0.25, 0.3) is 0 Å². The number of guanidine groups is 1. The molecule has 1 aromatic carbocycles. The van der Waals surface area contributed by atoms with Gasteiger partial charge in [0.1, 0.15) is 5.01 Å². The molecule has 1 fully saturated rings. The average molecular weight is 542 g/mol. The van der Waals surface area contributed by atoms with Gasteiger partial charge in [0.15, 0.2) is 5.96 Å². The number of carbonyl (C=O) groups excluding carboxylic acids is 1. The molecule has 0 saturated carbocycles. The van der Waals surface area contributed by atoms with Crippen molar-refractivity contribution in [2.45, 2.75) is 45.6 Å². The summed E-state index contributed by atoms with van der Waals surface area (Å²) in [7, 11) is 0. The van der Waals surface area contributed by atoms with Crippen LogP contribution in [0.3, 0.4) is 0 Å². The topological polar surface area (TPSA) is 69.6 Å². The molecule has 0 radical (unpaired) electrons. The number of halogens is 1. The molecule has 1 aliphatic heterocycles. The first-order chi connectivity index (χ1) is 14.3. The third-order valence-electron chi connectivity index (χ3n) is 4.88. The highest BCUT2D eigenvalue weighted by molar-refractivity contribution is 14.0. The first-order valence-corrected chi connectivity index (χ1v) is 11.4. The van der Waals surface area contributed by atoms with E-state index in [1.54, 1.807) is 11.3 Å². The molecular weight excluding hydrogens is 509 g/mol. The zero-order valence-electron chi connectivity index (χ0n) is 17.6. The monoisotopic (exact) mass is 541 g/mol. The van der Waals surface area contributed by atoms with E-state index in [-0.39, 0.29) is 24.0 Å². The van der Waals surface area contributed by atoms with E-state index in [0.717, 1.165) is 67.7 Å². The van der Waals surface area contributed by atoms with Crippen molar-refractivity contribution in [2.24, 2.45) is 4.99 Å². The molecule has 1 amide bonds. The van der Waals surface area contributed by atoms with Gasteiger partial charge in [-0.15, -0.1) is 35.3 Å². The highest BCUT2D eigenvalue weighted by Gasteiger charge is 2.15. The smallest absolute Gasteiger partial charge is 0.222 e. The molecule has 0 unspecified atom stereocenters. The summed E-state index contributed by atoms with van der Waals surface area (Å²) in [5.41, 5.74) is 2.11. The lowest BCUT2D eigenvalue weighted by atomic mass is 10.2. The zero-order valence-corrected chi connectivity index (χ0v) is 20.7. The summed E-state index contributed by atoms with van der Waals surface area (Å²) in [6.45, 7) is 5.93. The summed E-state index contributed by atoms with van der Waals surface area (Å²) < 4.78 is 0. The number of carbonyl (C=O) groups is 1. The fraction of sp³-hybridized carbons (Fsp3) is 0.500. The van der Waals surface area contributed by atoms with E-state index in [9.17, 15) is 4.79 Å². The van der Waals surface area contributed by atoms with Gasteiger partial charge in [-0.1, -0.05) is 36.8 Å². The summed E-state index contributed by atoms with van der Waals surface area (Å²) in [6, 6.07) is 10.2. The molecular formula is C22H32IN5OS. The number of hydrogen-bond donors (Lipinski definition) is 2. The lowest BCUT2D eigenvalue weighted by molar-refractivity contribution is -0.130. The second kappa shape index (κ2) is 13.6. The van der Waals surface area contributed by atoms with E-state index in [0.29, 0.717) is 18.9 Å². The Morgan fingerprint density at radius 1 is 1.20 bits per heavy atom. The molecule has 0 bridgehead atoms. The Labute approximate surface area is 200 Å². The number of rotatable bonds is 8. The maximum absolute atomic E-state index is 12.1. The van der Waals surface area contributed by atoms with Crippen LogP contribution in [0, 0.1) is 0 Å². The normalized spacial score (nSPS) is 14.8. The van der Waals surface area contributed by atoms with Crippen LogP contribution in [0.15, 0.2) is 40.7 Å². The molecule has 1 saturated heterocycles. The van der Waals surface area contributed by atoms with Crippen molar-refractivity contribution in [3.63, 3.8) is 0 Å². The van der Waals surface area contributed by atoms with Gasteiger partial charge < -0.3 is 15.5 Å². The summed E-state index contributed by atoms with van der Waals surface area (Å²) in [5, 5.41) is 9.75. The number of aliphatic imine (C=N–C) groups is 1. The first-order valence-electron chi connectivity index (χ1n) is 10.6. The van der Waals surface area contributed by atoms with Gasteiger partial charge in [-0.3, -0.25) is 4.79 Å². The minimum absolute atomic E-state index is 0. The van der Waals surface area contributed by atoms with Gasteiger partial charge in [-0.05, 0) is 26.2 Å². The number of amides is 1. The zero-order chi connectivity index (χ0) is 20.3. The van der Waals surface area contributed by atoms with Crippen LogP contribution in [-0.4, -0.2) is 47.9 Å². The van der Waals surface area contributed by atoms with Crippen LogP contribution in [0.4, 0.5) is 0 Å². The molecule has 3 rings (SSSR count). The summed E-state index contributed by atoms with van der Waals surface area (Å²) in [6.07, 6.45) is 4.96. The molecule has 0 aliphatic carbocycles. The summed E-state index contributed by atoms with van der Waals surface area (Å²) >= 11 is 1.65. The van der Waals surface area contributed by atoms with Gasteiger partial charge in [0.2, 0.25) is 5.91 Å². The van der Waals surface area contributed by atoms with Gasteiger partial charge in [0.05, 0.1) is 12.2 Å². The number of likely N-dealkylation sites (tertiary alicyclic amines) is 1. The number of benzene rings is 1. The molecule has 6 nitrogen and oxygen atoms in total. The molecule has 2 N–H and O–H groups in total. The number of hydrogen-bond acceptors (Lipinski definition) is 4. The number of aromatic nitrogens is 1. The van der Waals surface area contributed by atoms with Crippen molar-refractivity contribution in [2.75, 3.05) is 26.2 Å². The Balaban J connectivity index is 0.00000320. The third kappa shape index (κ3) is 7.86. The Morgan fingerprint density at radius 3 is 2.83 bits per heavy atom. The molecule has 2 aromatic rings. The van der Waals surface area contributed by atoms with Crippen molar-refractivity contribution < 1.29 is 4.79 Å². The largest absolute Gasteiger partial charge is 0.357 e. The van der Waals surface area contributed by atoms with E-state index in [2.05, 4.69) is 40.1 Å². The number of nitrogens with one attached hydrogen (secondary N) is 2. The van der Waals surface area contributed by atoms with Crippen LogP contribution in [-0.2, 0) is 11.3 Å². The standard InChI is InChI=1S/C22H31N5OS.HI/c1-2-23-22(24-13-9-15-27-14-8-4-7-12-20(27)28)25-16-19-17-29-21(26-19)18-10-5-3-6-11-18;/h3,5-6,10-11,17H,2,4,7-9,12-16H2,1H3,(H2,23,24,25);1H. The molecule has 1 aromatic heterocycles. The fourth-order valence-electron chi connectivity index (χ4n) is 3.35. The minimum Gasteiger partial charge on any atom is -0.357 e. The van der Waals surface area contributed by atoms with Crippen molar-refractivity contribution in [3.8, 4) is 10.6 Å². The fourth-order valence-corrected chi connectivity index (χ4v) is 4.16. The van der Waals surface area contributed by atoms with Gasteiger partial charge in [0, 0.05) is 43.5 Å². The van der Waals surface area contributed by atoms with Crippen LogP contribution in [0.5, 0.6) is 0 Å². The Morgan fingerprint density at radius 2 is 2.03 bits per heavy atom. The first kappa shape index (κ1) is 24.6. The summed E-state index contributed by atoms with van der Waals surface area (Å²) in [5.74, 6) is 1.10. The third-order valence-corrected chi connectivity index (χ3v) is 5.82. The van der Waals surface area contributed by atoms with Crippen LogP contribution in [0.2, 0.25) is 0 Å². The Kier molecular flexibility index (Phi) is 11.1. The number of thiazole rings is 1. The maximum Gasteiger partial charge on any atom is 0.222 e. The molecule has 0 spiro atoms. The molecule has 2 heterocycles. The Hall–Kier alpha value is -1.68. The van der Waals surface area contributed by atoms with Crippen LogP contribution < -0.4 is 10.6 Å². The second-order valence-electron chi connectivity index (χ2n) is 7.18. The predicted octanol–water partition coefficient (Wildman–Crippen LogP) is 4.28. The van der Waals surface area contributed by atoms with Crippen LogP contribution >= 0.6 is 35.3 Å². The molecule has 8 heteroatoms. The lowest BCUT2D eigenvalue weighted by Crippen LogP contribution is -2.39. The van der Waals surface area contributed by atoms with Crippen molar-refractivity contribution >= 4 is 47.2 Å². The van der Waals surface area contributed by atoms with Crippen molar-refractivity contribution in [1.82, 2.24) is 20.5 Å². The molecule has 30 heavy (non-hydrogen) atoms. The van der Waals surface area contributed by atoms with E-state index in [1.165, 1.54) is 6.42 Å². The molecule has 1 aliphatic rings. The predicted molar refractivity (Wildman–Crippen MR) is 135 cm³/mol. The minimum atomic E-state index is 0. The van der Waals surface area contributed by atoms with E-state index in [4.69, 9.17) is 4.98 Å². The maximum atomic E-state index is 12.1. The van der Waals surface area contributed by atoms with Crippen molar-refractivity contribution in [1.29, 1.82) is 0 Å². The van der Waals surface area contributed by atoms with E-state index >= 15 is 0 Å². The second-order valence-corrected chi connectivity index (χ2v) is 8.04. The van der Waals surface area contributed by atoms with Gasteiger partial charge in [-0.25, -0.2) is 9.98 Å². The van der Waals surface area contributed by atoms with E-state index < -0.39 is 0 Å². The lowest BCUT2D eigenvalue weighted by Gasteiger charge is -2.20. The quantitative estimate of drug-likeness (QED) is 0.227. The average Bonchev–Trinajstić information content (AvgIpc) is 3.13. The SMILES string of the molecule is CCNC(=NCc1csc(-c2ccccc2)n1)NCCCN1CCCCCC1=O.I. The van der Waals surface area contributed by atoms with E-state index in [1.807, 2.05) is 23.1 Å². The van der Waals surface area contributed by atoms with Crippen LogP contribution in [0.25, 0.3) is 10.6 Å². The molecule has 0 atom stereocenters. The number of nitrogens with zero attached hydrogens (tertiary/aromatic N) is 3. The highest BCUT2D eigenvalue weighted by Crippen LogP contribution is 2.23. The van der Waals surface area contributed by atoms with Gasteiger partial charge in [-0.2, -0.15) is 0 Å². The van der Waals surface area contributed by atoms with Gasteiger partial charge >= 0.3 is 0 Å². The van der Waals surface area contributed by atoms with Crippen molar-refractivity contribution in [3.05, 3.63) is 41.4 Å². The molecule has 164 valence electrons. The summed E-state index contributed by atoms with van der Waals surface area (Å²) in [4.78, 5) is 23.4.